The number of likely N-dealkylation sites (N-methyl/N-ethyl adjacent to an activating group) is 1. The van der Waals surface area contributed by atoms with Crippen LogP contribution >= 0.6 is 0 Å². The standard InChI is InChI=1S/C16H31N3O2/c1-11(12-5-4-6-13(17)7-12)16(21)19-10-15(20)8-14(19)9-18(2)3/h11-15,20H,4-10,17H2,1-3H3. The van der Waals surface area contributed by atoms with Crippen molar-refractivity contribution in [2.75, 3.05) is 27.2 Å². The highest BCUT2D eigenvalue weighted by Gasteiger charge is 2.38. The number of amides is 1. The van der Waals surface area contributed by atoms with E-state index in [2.05, 4.69) is 4.90 Å². The summed E-state index contributed by atoms with van der Waals surface area (Å²) in [7, 11) is 4.02. The van der Waals surface area contributed by atoms with Gasteiger partial charge in [-0.05, 0) is 45.7 Å². The van der Waals surface area contributed by atoms with Crippen LogP contribution in [0.25, 0.3) is 0 Å². The Morgan fingerprint density at radius 3 is 2.71 bits per heavy atom. The van der Waals surface area contributed by atoms with Crippen LogP contribution in [0, 0.1) is 11.8 Å². The summed E-state index contributed by atoms with van der Waals surface area (Å²) in [6.45, 7) is 3.35. The molecular formula is C16H31N3O2. The lowest BCUT2D eigenvalue weighted by Gasteiger charge is -2.35. The van der Waals surface area contributed by atoms with Gasteiger partial charge in [0, 0.05) is 31.1 Å². The summed E-state index contributed by atoms with van der Waals surface area (Å²) in [6, 6.07) is 0.392. The van der Waals surface area contributed by atoms with Crippen LogP contribution in [0.5, 0.6) is 0 Å². The van der Waals surface area contributed by atoms with Gasteiger partial charge in [0.05, 0.1) is 6.10 Å². The Kier molecular flexibility index (Phi) is 5.63. The second-order valence-electron chi connectivity index (χ2n) is 7.27. The molecule has 122 valence electrons. The van der Waals surface area contributed by atoms with Gasteiger partial charge < -0.3 is 20.6 Å². The van der Waals surface area contributed by atoms with E-state index in [0.29, 0.717) is 18.9 Å². The molecule has 2 aliphatic rings. The minimum atomic E-state index is -0.375. The first-order valence-corrected chi connectivity index (χ1v) is 8.27. The van der Waals surface area contributed by atoms with Crippen molar-refractivity contribution in [3.8, 4) is 0 Å². The fourth-order valence-corrected chi connectivity index (χ4v) is 3.94. The molecular weight excluding hydrogens is 266 g/mol. The summed E-state index contributed by atoms with van der Waals surface area (Å²) in [5.74, 6) is 0.628. The Morgan fingerprint density at radius 1 is 1.38 bits per heavy atom. The molecule has 3 N–H and O–H groups in total. The molecule has 0 aromatic carbocycles. The maximum atomic E-state index is 12.8. The first kappa shape index (κ1) is 16.7. The highest BCUT2D eigenvalue weighted by Crippen LogP contribution is 2.32. The highest BCUT2D eigenvalue weighted by atomic mass is 16.3. The van der Waals surface area contributed by atoms with E-state index < -0.39 is 0 Å². The van der Waals surface area contributed by atoms with Crippen LogP contribution in [0.4, 0.5) is 0 Å². The van der Waals surface area contributed by atoms with Gasteiger partial charge in [0.1, 0.15) is 0 Å². The van der Waals surface area contributed by atoms with Crippen molar-refractivity contribution in [2.24, 2.45) is 17.6 Å². The van der Waals surface area contributed by atoms with Crippen LogP contribution in [-0.2, 0) is 4.79 Å². The van der Waals surface area contributed by atoms with Crippen molar-refractivity contribution >= 4 is 5.91 Å². The lowest BCUT2D eigenvalue weighted by atomic mass is 9.78. The summed E-state index contributed by atoms with van der Waals surface area (Å²) in [4.78, 5) is 16.8. The molecule has 1 amide bonds. The molecule has 5 nitrogen and oxygen atoms in total. The van der Waals surface area contributed by atoms with Crippen molar-refractivity contribution in [3.63, 3.8) is 0 Å². The number of carbonyl (C=O) groups excluding carboxylic acids is 1. The van der Waals surface area contributed by atoms with Gasteiger partial charge in [-0.25, -0.2) is 0 Å². The van der Waals surface area contributed by atoms with E-state index in [4.69, 9.17) is 5.73 Å². The SMILES string of the molecule is CC(C(=O)N1CC(O)CC1CN(C)C)C1CCCC(N)C1. The number of β-amino-alcohol motifs (C(OH)–C–C–N with tert-alkyl or cyclic N) is 1. The van der Waals surface area contributed by atoms with Crippen molar-refractivity contribution in [1.82, 2.24) is 9.80 Å². The predicted molar refractivity (Wildman–Crippen MR) is 83.8 cm³/mol. The van der Waals surface area contributed by atoms with Crippen molar-refractivity contribution < 1.29 is 9.90 Å². The van der Waals surface area contributed by atoms with Crippen LogP contribution in [0.15, 0.2) is 0 Å². The summed E-state index contributed by atoms with van der Waals surface area (Å²) < 4.78 is 0. The number of likely N-dealkylation sites (tertiary alicyclic amines) is 1. The summed E-state index contributed by atoms with van der Waals surface area (Å²) >= 11 is 0. The van der Waals surface area contributed by atoms with Gasteiger partial charge in [-0.3, -0.25) is 4.79 Å². The molecule has 1 aliphatic heterocycles. The normalized spacial score (nSPS) is 35.2. The third-order valence-corrected chi connectivity index (χ3v) is 5.10. The Balaban J connectivity index is 1.99. The molecule has 2 fully saturated rings. The summed E-state index contributed by atoms with van der Waals surface area (Å²) in [6.07, 6.45) is 4.61. The van der Waals surface area contributed by atoms with Gasteiger partial charge in [-0.2, -0.15) is 0 Å². The number of carbonyl (C=O) groups is 1. The zero-order chi connectivity index (χ0) is 15.6. The summed E-state index contributed by atoms with van der Waals surface area (Å²) in [5.41, 5.74) is 6.06. The van der Waals surface area contributed by atoms with Gasteiger partial charge in [0.25, 0.3) is 0 Å². The van der Waals surface area contributed by atoms with E-state index in [1.54, 1.807) is 0 Å². The Labute approximate surface area is 128 Å². The Bertz CT molecular complexity index is 361. The van der Waals surface area contributed by atoms with E-state index in [1.807, 2.05) is 25.9 Å². The fraction of sp³-hybridized carbons (Fsp3) is 0.938. The lowest BCUT2D eigenvalue weighted by molar-refractivity contribution is -0.138. The quantitative estimate of drug-likeness (QED) is 0.800. The number of aliphatic hydroxyl groups excluding tert-OH is 1. The molecule has 0 aromatic heterocycles. The third-order valence-electron chi connectivity index (χ3n) is 5.10. The molecule has 1 saturated heterocycles. The largest absolute Gasteiger partial charge is 0.391 e. The molecule has 5 heteroatoms. The van der Waals surface area contributed by atoms with Crippen LogP contribution in [0.3, 0.4) is 0 Å². The number of nitrogens with two attached hydrogens (primary N) is 1. The molecule has 0 aromatic rings. The zero-order valence-electron chi connectivity index (χ0n) is 13.7. The maximum absolute atomic E-state index is 12.8. The van der Waals surface area contributed by atoms with Gasteiger partial charge in [-0.15, -0.1) is 0 Å². The lowest BCUT2D eigenvalue weighted by Crippen LogP contribution is -2.46. The van der Waals surface area contributed by atoms with Crippen LogP contribution in [0.1, 0.15) is 39.0 Å². The monoisotopic (exact) mass is 297 g/mol. The smallest absolute Gasteiger partial charge is 0.226 e. The topological polar surface area (TPSA) is 69.8 Å². The number of hydrogen-bond acceptors (Lipinski definition) is 4. The van der Waals surface area contributed by atoms with E-state index in [-0.39, 0.29) is 30.0 Å². The van der Waals surface area contributed by atoms with Crippen molar-refractivity contribution in [2.45, 2.75) is 57.2 Å². The first-order valence-electron chi connectivity index (χ1n) is 8.27. The minimum Gasteiger partial charge on any atom is -0.391 e. The van der Waals surface area contributed by atoms with Gasteiger partial charge in [0.2, 0.25) is 5.91 Å². The summed E-state index contributed by atoms with van der Waals surface area (Å²) in [5, 5.41) is 9.93. The zero-order valence-corrected chi connectivity index (χ0v) is 13.7. The number of aliphatic hydroxyl groups is 1. The molecule has 1 saturated carbocycles. The highest BCUT2D eigenvalue weighted by molar-refractivity contribution is 5.79. The molecule has 1 heterocycles. The Hall–Kier alpha value is -0.650. The van der Waals surface area contributed by atoms with Crippen LogP contribution in [0.2, 0.25) is 0 Å². The molecule has 0 spiro atoms. The molecule has 0 radical (unpaired) electrons. The van der Waals surface area contributed by atoms with E-state index in [0.717, 1.165) is 32.2 Å². The van der Waals surface area contributed by atoms with Crippen LogP contribution in [-0.4, -0.2) is 66.2 Å². The second-order valence-corrected chi connectivity index (χ2v) is 7.27. The van der Waals surface area contributed by atoms with E-state index in [1.165, 1.54) is 0 Å². The maximum Gasteiger partial charge on any atom is 0.226 e. The molecule has 2 rings (SSSR count). The minimum absolute atomic E-state index is 0.0197. The number of rotatable bonds is 4. The molecule has 21 heavy (non-hydrogen) atoms. The average Bonchev–Trinajstić information content (AvgIpc) is 2.77. The fourth-order valence-electron chi connectivity index (χ4n) is 3.94. The molecule has 0 bridgehead atoms. The molecule has 5 unspecified atom stereocenters. The number of hydrogen-bond donors (Lipinski definition) is 2. The van der Waals surface area contributed by atoms with Crippen molar-refractivity contribution in [1.29, 1.82) is 0 Å². The third kappa shape index (κ3) is 4.18. The van der Waals surface area contributed by atoms with Crippen molar-refractivity contribution in [3.05, 3.63) is 0 Å². The van der Waals surface area contributed by atoms with E-state index in [9.17, 15) is 9.90 Å². The second kappa shape index (κ2) is 7.07. The van der Waals surface area contributed by atoms with Gasteiger partial charge in [0.15, 0.2) is 0 Å². The molecule has 1 aliphatic carbocycles. The predicted octanol–water partition coefficient (Wildman–Crippen LogP) is 0.663. The average molecular weight is 297 g/mol. The first-order chi connectivity index (χ1) is 9.88. The Morgan fingerprint density at radius 2 is 2.10 bits per heavy atom. The van der Waals surface area contributed by atoms with E-state index >= 15 is 0 Å². The number of nitrogens with zero attached hydrogens (tertiary/aromatic N) is 2. The van der Waals surface area contributed by atoms with Gasteiger partial charge in [-0.1, -0.05) is 13.3 Å². The van der Waals surface area contributed by atoms with Crippen LogP contribution < -0.4 is 5.73 Å². The van der Waals surface area contributed by atoms with Gasteiger partial charge >= 0.3 is 0 Å². The molecule has 5 atom stereocenters.